The number of imide groups is 1. The van der Waals surface area contributed by atoms with E-state index in [1.54, 1.807) is 4.90 Å². The first-order chi connectivity index (χ1) is 13.9. The minimum Gasteiger partial charge on any atom is -0.326 e. The van der Waals surface area contributed by atoms with Crippen LogP contribution in [0.2, 0.25) is 0 Å². The first-order valence-corrected chi connectivity index (χ1v) is 10.2. The van der Waals surface area contributed by atoms with Gasteiger partial charge in [-0.1, -0.05) is 63.2 Å². The Bertz CT molecular complexity index is 875. The van der Waals surface area contributed by atoms with E-state index in [1.807, 2.05) is 61.5 Å². The van der Waals surface area contributed by atoms with Crippen LogP contribution in [0.1, 0.15) is 57.1 Å². The molecule has 0 radical (unpaired) electrons. The smallest absolute Gasteiger partial charge is 0.257 e. The molecule has 0 spiro atoms. The lowest BCUT2D eigenvalue weighted by Gasteiger charge is -2.28. The molecule has 1 unspecified atom stereocenters. The Morgan fingerprint density at radius 3 is 2.31 bits per heavy atom. The number of nitrogens with zero attached hydrogens (tertiary/aromatic N) is 2. The second kappa shape index (κ2) is 9.03. The summed E-state index contributed by atoms with van der Waals surface area (Å²) in [6, 6.07) is 16.3. The average Bonchev–Trinajstić information content (AvgIpc) is 3.01. The minimum atomic E-state index is -0.758. The van der Waals surface area contributed by atoms with Gasteiger partial charge in [-0.05, 0) is 35.6 Å². The van der Waals surface area contributed by atoms with Gasteiger partial charge in [0.05, 0.1) is 12.1 Å². The van der Waals surface area contributed by atoms with Crippen molar-refractivity contribution in [1.82, 2.24) is 4.90 Å². The van der Waals surface area contributed by atoms with Crippen molar-refractivity contribution in [2.75, 3.05) is 4.90 Å². The van der Waals surface area contributed by atoms with Gasteiger partial charge >= 0.3 is 0 Å². The number of anilines is 1. The average molecular weight is 392 g/mol. The molecule has 2 aromatic carbocycles. The number of amides is 3. The van der Waals surface area contributed by atoms with Crippen LogP contribution in [-0.4, -0.2) is 28.7 Å². The van der Waals surface area contributed by atoms with Gasteiger partial charge in [0.2, 0.25) is 11.8 Å². The van der Waals surface area contributed by atoms with Crippen molar-refractivity contribution >= 4 is 23.4 Å². The number of hydrogen-bond acceptors (Lipinski definition) is 3. The van der Waals surface area contributed by atoms with E-state index >= 15 is 0 Å². The first-order valence-electron chi connectivity index (χ1n) is 10.2. The van der Waals surface area contributed by atoms with Crippen molar-refractivity contribution in [3.63, 3.8) is 0 Å². The third-order valence-electron chi connectivity index (χ3n) is 5.30. The SMILES string of the molecule is CCCC(=O)N(Cc1ccccc1)C1CC(=O)N(c2ccc(C(C)C)cc2)C1=O. The number of rotatable bonds is 7. The predicted octanol–water partition coefficient (Wildman–Crippen LogP) is 4.27. The van der Waals surface area contributed by atoms with Crippen LogP contribution in [0, 0.1) is 0 Å². The Morgan fingerprint density at radius 1 is 1.07 bits per heavy atom. The fraction of sp³-hybridized carbons (Fsp3) is 0.375. The van der Waals surface area contributed by atoms with Gasteiger partial charge in [0.25, 0.3) is 5.91 Å². The van der Waals surface area contributed by atoms with Crippen LogP contribution in [0.4, 0.5) is 5.69 Å². The number of carbonyl (C=O) groups excluding carboxylic acids is 3. The van der Waals surface area contributed by atoms with Crippen LogP contribution in [0.15, 0.2) is 54.6 Å². The summed E-state index contributed by atoms with van der Waals surface area (Å²) in [6.07, 6.45) is 1.07. The Kier molecular flexibility index (Phi) is 6.47. The molecule has 3 rings (SSSR count). The lowest BCUT2D eigenvalue weighted by Crippen LogP contribution is -2.45. The summed E-state index contributed by atoms with van der Waals surface area (Å²) in [4.78, 5) is 41.5. The Morgan fingerprint density at radius 2 is 1.72 bits per heavy atom. The lowest BCUT2D eigenvalue weighted by molar-refractivity contribution is -0.139. The van der Waals surface area contributed by atoms with E-state index in [0.717, 1.165) is 11.1 Å². The molecule has 1 heterocycles. The number of benzene rings is 2. The van der Waals surface area contributed by atoms with E-state index < -0.39 is 6.04 Å². The van der Waals surface area contributed by atoms with E-state index in [2.05, 4.69) is 13.8 Å². The van der Waals surface area contributed by atoms with Gasteiger partial charge in [-0.2, -0.15) is 0 Å². The Balaban J connectivity index is 1.86. The molecule has 1 fully saturated rings. The van der Waals surface area contributed by atoms with Crippen LogP contribution in [0.3, 0.4) is 0 Å². The Labute approximate surface area is 172 Å². The van der Waals surface area contributed by atoms with Crippen LogP contribution in [-0.2, 0) is 20.9 Å². The predicted molar refractivity (Wildman–Crippen MR) is 113 cm³/mol. The third kappa shape index (κ3) is 4.56. The van der Waals surface area contributed by atoms with Crippen molar-refractivity contribution in [3.05, 3.63) is 65.7 Å². The van der Waals surface area contributed by atoms with E-state index in [0.29, 0.717) is 31.0 Å². The molecule has 5 heteroatoms. The van der Waals surface area contributed by atoms with Gasteiger partial charge in [0.15, 0.2) is 0 Å². The molecular formula is C24H28N2O3. The summed E-state index contributed by atoms with van der Waals surface area (Å²) in [5.41, 5.74) is 2.65. The first kappa shape index (κ1) is 20.8. The maximum absolute atomic E-state index is 13.2. The zero-order valence-corrected chi connectivity index (χ0v) is 17.3. The standard InChI is InChI=1S/C24H28N2O3/c1-4-8-22(27)25(16-18-9-6-5-7-10-18)21-15-23(28)26(24(21)29)20-13-11-19(12-14-20)17(2)3/h5-7,9-14,17,21H,4,8,15-16H2,1-3H3. The quantitative estimate of drug-likeness (QED) is 0.661. The molecule has 3 amide bonds. The molecule has 0 N–H and O–H groups in total. The van der Waals surface area contributed by atoms with Crippen molar-refractivity contribution in [3.8, 4) is 0 Å². The summed E-state index contributed by atoms with van der Waals surface area (Å²) < 4.78 is 0. The van der Waals surface area contributed by atoms with Crippen molar-refractivity contribution in [1.29, 1.82) is 0 Å². The number of carbonyl (C=O) groups is 3. The molecule has 1 atom stereocenters. The summed E-state index contributed by atoms with van der Waals surface area (Å²) in [5, 5.41) is 0. The van der Waals surface area contributed by atoms with E-state index in [-0.39, 0.29) is 24.1 Å². The largest absolute Gasteiger partial charge is 0.326 e. The summed E-state index contributed by atoms with van der Waals surface area (Å²) >= 11 is 0. The second-order valence-electron chi connectivity index (χ2n) is 7.79. The van der Waals surface area contributed by atoms with Crippen LogP contribution in [0.25, 0.3) is 0 Å². The van der Waals surface area contributed by atoms with Crippen LogP contribution >= 0.6 is 0 Å². The molecule has 5 nitrogen and oxygen atoms in total. The van der Waals surface area contributed by atoms with Gasteiger partial charge in [-0.3, -0.25) is 14.4 Å². The topological polar surface area (TPSA) is 57.7 Å². The molecule has 1 saturated heterocycles. The molecule has 1 aliphatic heterocycles. The maximum Gasteiger partial charge on any atom is 0.257 e. The second-order valence-corrected chi connectivity index (χ2v) is 7.79. The fourth-order valence-electron chi connectivity index (χ4n) is 3.65. The van der Waals surface area contributed by atoms with Crippen molar-refractivity contribution < 1.29 is 14.4 Å². The van der Waals surface area contributed by atoms with Gasteiger partial charge < -0.3 is 4.90 Å². The highest BCUT2D eigenvalue weighted by molar-refractivity contribution is 6.23. The van der Waals surface area contributed by atoms with Gasteiger partial charge in [0, 0.05) is 13.0 Å². The monoisotopic (exact) mass is 392 g/mol. The normalized spacial score (nSPS) is 16.6. The highest BCUT2D eigenvalue weighted by Gasteiger charge is 2.44. The molecule has 0 saturated carbocycles. The summed E-state index contributed by atoms with van der Waals surface area (Å²) in [7, 11) is 0. The lowest BCUT2D eigenvalue weighted by atomic mass is 10.0. The minimum absolute atomic E-state index is 0.0209. The molecule has 29 heavy (non-hydrogen) atoms. The van der Waals surface area contributed by atoms with Gasteiger partial charge in [-0.15, -0.1) is 0 Å². The summed E-state index contributed by atoms with van der Waals surface area (Å²) in [6.45, 7) is 6.45. The van der Waals surface area contributed by atoms with Crippen molar-refractivity contribution in [2.45, 2.75) is 58.5 Å². The molecule has 0 bridgehead atoms. The van der Waals surface area contributed by atoms with E-state index in [4.69, 9.17) is 0 Å². The molecule has 1 aliphatic rings. The molecule has 2 aromatic rings. The van der Waals surface area contributed by atoms with E-state index in [1.165, 1.54) is 4.90 Å². The highest BCUT2D eigenvalue weighted by atomic mass is 16.2. The fourth-order valence-corrected chi connectivity index (χ4v) is 3.65. The van der Waals surface area contributed by atoms with Crippen LogP contribution in [0.5, 0.6) is 0 Å². The Hall–Kier alpha value is -2.95. The third-order valence-corrected chi connectivity index (χ3v) is 5.30. The van der Waals surface area contributed by atoms with Crippen LogP contribution < -0.4 is 4.90 Å². The number of hydrogen-bond donors (Lipinski definition) is 0. The summed E-state index contributed by atoms with van der Waals surface area (Å²) in [5.74, 6) is -0.318. The molecule has 0 aliphatic carbocycles. The highest BCUT2D eigenvalue weighted by Crippen LogP contribution is 2.28. The van der Waals surface area contributed by atoms with Crippen molar-refractivity contribution in [2.24, 2.45) is 0 Å². The zero-order valence-electron chi connectivity index (χ0n) is 17.3. The van der Waals surface area contributed by atoms with E-state index in [9.17, 15) is 14.4 Å². The zero-order chi connectivity index (χ0) is 21.0. The van der Waals surface area contributed by atoms with Gasteiger partial charge in [0.1, 0.15) is 6.04 Å². The molecular weight excluding hydrogens is 364 g/mol. The molecule has 0 aromatic heterocycles. The molecule has 152 valence electrons. The maximum atomic E-state index is 13.2. The van der Waals surface area contributed by atoms with Gasteiger partial charge in [-0.25, -0.2) is 4.90 Å².